The summed E-state index contributed by atoms with van der Waals surface area (Å²) in [6.07, 6.45) is 6.79. The number of fused-ring (bicyclic) bond motifs is 2. The zero-order chi connectivity index (χ0) is 15.6. The van der Waals surface area contributed by atoms with Crippen LogP contribution in [0.4, 0.5) is 0 Å². The van der Waals surface area contributed by atoms with Crippen LogP contribution in [0.2, 0.25) is 0 Å². The molecular formula is C17H14N4O. The number of para-hydroxylation sites is 4. The fourth-order valence-electron chi connectivity index (χ4n) is 1.82. The largest absolute Gasteiger partial charge is 0.307 e. The lowest BCUT2D eigenvalue weighted by atomic mass is 10.3. The van der Waals surface area contributed by atoms with Crippen molar-refractivity contribution in [2.24, 2.45) is 0 Å². The van der Waals surface area contributed by atoms with E-state index in [0.29, 0.717) is 0 Å². The SMILES string of the molecule is C=O.c1ccc2nccnc2c1.c1ccc2nccnc2c1. The molecule has 108 valence electrons. The summed E-state index contributed by atoms with van der Waals surface area (Å²) in [5, 5.41) is 0. The Hall–Kier alpha value is -3.21. The van der Waals surface area contributed by atoms with Crippen molar-refractivity contribution >= 4 is 28.9 Å². The zero-order valence-electron chi connectivity index (χ0n) is 11.8. The van der Waals surface area contributed by atoms with Gasteiger partial charge in [-0.2, -0.15) is 0 Å². The maximum absolute atomic E-state index is 8.00. The molecule has 0 aliphatic rings. The number of carbonyl (C=O) groups excluding carboxylic acids is 1. The minimum absolute atomic E-state index is 0.949. The molecule has 2 aromatic carbocycles. The second kappa shape index (κ2) is 8.16. The van der Waals surface area contributed by atoms with E-state index in [1.165, 1.54) is 0 Å². The van der Waals surface area contributed by atoms with E-state index in [1.807, 2.05) is 55.3 Å². The normalized spacial score (nSPS) is 9.27. The van der Waals surface area contributed by atoms with E-state index in [0.717, 1.165) is 22.1 Å². The fourth-order valence-corrected chi connectivity index (χ4v) is 1.82. The third kappa shape index (κ3) is 3.89. The quantitative estimate of drug-likeness (QED) is 0.498. The number of hydrogen-bond acceptors (Lipinski definition) is 5. The Morgan fingerprint density at radius 3 is 0.955 bits per heavy atom. The van der Waals surface area contributed by atoms with E-state index < -0.39 is 0 Å². The number of hydrogen-bond donors (Lipinski definition) is 0. The topological polar surface area (TPSA) is 68.6 Å². The molecule has 5 heteroatoms. The second-order valence-electron chi connectivity index (χ2n) is 4.09. The molecule has 5 nitrogen and oxygen atoms in total. The van der Waals surface area contributed by atoms with Crippen LogP contribution in [0.15, 0.2) is 73.3 Å². The summed E-state index contributed by atoms with van der Waals surface area (Å²) >= 11 is 0. The molecule has 0 aliphatic heterocycles. The molecular weight excluding hydrogens is 276 g/mol. The Morgan fingerprint density at radius 1 is 0.500 bits per heavy atom. The molecule has 0 radical (unpaired) electrons. The van der Waals surface area contributed by atoms with Crippen molar-refractivity contribution in [1.29, 1.82) is 0 Å². The molecule has 0 atom stereocenters. The van der Waals surface area contributed by atoms with Gasteiger partial charge in [-0.1, -0.05) is 24.3 Å². The van der Waals surface area contributed by atoms with Crippen LogP contribution in [0.1, 0.15) is 0 Å². The molecule has 22 heavy (non-hydrogen) atoms. The monoisotopic (exact) mass is 290 g/mol. The lowest BCUT2D eigenvalue weighted by Crippen LogP contribution is -1.78. The summed E-state index contributed by atoms with van der Waals surface area (Å²) in [5.74, 6) is 0. The minimum atomic E-state index is 0.949. The number of nitrogens with zero attached hydrogens (tertiary/aromatic N) is 4. The number of aromatic nitrogens is 4. The molecule has 0 spiro atoms. The van der Waals surface area contributed by atoms with Crippen LogP contribution in [0.3, 0.4) is 0 Å². The van der Waals surface area contributed by atoms with Crippen molar-refractivity contribution < 1.29 is 4.79 Å². The molecule has 0 amide bonds. The maximum atomic E-state index is 8.00. The number of carbonyl (C=O) groups is 1. The maximum Gasteiger partial charge on any atom is 0.106 e. The van der Waals surface area contributed by atoms with Gasteiger partial charge in [0, 0.05) is 24.8 Å². The summed E-state index contributed by atoms with van der Waals surface area (Å²) in [6.45, 7) is 2.00. The number of benzene rings is 2. The highest BCUT2D eigenvalue weighted by molar-refractivity contribution is 5.73. The summed E-state index contributed by atoms with van der Waals surface area (Å²) in [4.78, 5) is 24.5. The third-order valence-corrected chi connectivity index (χ3v) is 2.75. The summed E-state index contributed by atoms with van der Waals surface area (Å²) < 4.78 is 0. The predicted molar refractivity (Wildman–Crippen MR) is 86.2 cm³/mol. The van der Waals surface area contributed by atoms with E-state index in [9.17, 15) is 0 Å². The van der Waals surface area contributed by atoms with E-state index in [-0.39, 0.29) is 0 Å². The van der Waals surface area contributed by atoms with Crippen LogP contribution < -0.4 is 0 Å². The van der Waals surface area contributed by atoms with Crippen molar-refractivity contribution in [3.05, 3.63) is 73.3 Å². The fraction of sp³-hybridized carbons (Fsp3) is 0. The average molecular weight is 290 g/mol. The van der Waals surface area contributed by atoms with Gasteiger partial charge in [-0.15, -0.1) is 0 Å². The van der Waals surface area contributed by atoms with Gasteiger partial charge in [0.05, 0.1) is 22.1 Å². The first-order valence-corrected chi connectivity index (χ1v) is 6.54. The Labute approximate surface area is 127 Å². The smallest absolute Gasteiger partial charge is 0.106 e. The molecule has 0 saturated heterocycles. The molecule has 4 aromatic rings. The van der Waals surface area contributed by atoms with E-state index in [4.69, 9.17) is 4.79 Å². The van der Waals surface area contributed by atoms with Gasteiger partial charge in [-0.05, 0) is 24.3 Å². The molecule has 0 bridgehead atoms. The molecule has 4 rings (SSSR count). The van der Waals surface area contributed by atoms with Gasteiger partial charge < -0.3 is 4.79 Å². The Kier molecular flexibility index (Phi) is 5.63. The molecule has 0 unspecified atom stereocenters. The zero-order valence-corrected chi connectivity index (χ0v) is 11.8. The van der Waals surface area contributed by atoms with Gasteiger partial charge in [-0.3, -0.25) is 19.9 Å². The van der Waals surface area contributed by atoms with Crippen molar-refractivity contribution in [3.63, 3.8) is 0 Å². The van der Waals surface area contributed by atoms with Crippen molar-refractivity contribution in [3.8, 4) is 0 Å². The molecule has 0 aliphatic carbocycles. The van der Waals surface area contributed by atoms with Crippen molar-refractivity contribution in [2.75, 3.05) is 0 Å². The molecule has 2 aromatic heterocycles. The predicted octanol–water partition coefficient (Wildman–Crippen LogP) is 3.07. The van der Waals surface area contributed by atoms with Gasteiger partial charge in [-0.25, -0.2) is 0 Å². The first kappa shape index (κ1) is 15.2. The highest BCUT2D eigenvalue weighted by atomic mass is 16.1. The Morgan fingerprint density at radius 2 is 0.727 bits per heavy atom. The van der Waals surface area contributed by atoms with Gasteiger partial charge in [0.15, 0.2) is 0 Å². The van der Waals surface area contributed by atoms with Crippen LogP contribution in [0, 0.1) is 0 Å². The highest BCUT2D eigenvalue weighted by Gasteiger charge is 1.89. The highest BCUT2D eigenvalue weighted by Crippen LogP contribution is 2.05. The molecule has 0 fully saturated rings. The van der Waals surface area contributed by atoms with Crippen LogP contribution in [-0.2, 0) is 4.79 Å². The molecule has 0 saturated carbocycles. The third-order valence-electron chi connectivity index (χ3n) is 2.75. The standard InChI is InChI=1S/2C8H6N2.CH2O/c2*1-2-4-8-7(3-1)9-5-6-10-8;1-2/h2*1-6H;1H2. The van der Waals surface area contributed by atoms with Gasteiger partial charge >= 0.3 is 0 Å². The van der Waals surface area contributed by atoms with Crippen LogP contribution in [0.5, 0.6) is 0 Å². The van der Waals surface area contributed by atoms with Gasteiger partial charge in [0.1, 0.15) is 6.79 Å². The lowest BCUT2D eigenvalue weighted by Gasteiger charge is -1.90. The summed E-state index contributed by atoms with van der Waals surface area (Å²) in [7, 11) is 0. The first-order valence-electron chi connectivity index (χ1n) is 6.54. The number of rotatable bonds is 0. The van der Waals surface area contributed by atoms with Crippen LogP contribution >= 0.6 is 0 Å². The lowest BCUT2D eigenvalue weighted by molar-refractivity contribution is -0.0979. The first-order chi connectivity index (χ1) is 10.9. The molecule has 0 N–H and O–H groups in total. The van der Waals surface area contributed by atoms with Gasteiger partial charge in [0.25, 0.3) is 0 Å². The van der Waals surface area contributed by atoms with E-state index in [1.54, 1.807) is 24.8 Å². The second-order valence-corrected chi connectivity index (χ2v) is 4.09. The molecule has 2 heterocycles. The van der Waals surface area contributed by atoms with E-state index in [2.05, 4.69) is 19.9 Å². The van der Waals surface area contributed by atoms with Crippen LogP contribution in [-0.4, -0.2) is 26.7 Å². The summed E-state index contributed by atoms with van der Waals surface area (Å²) in [5.41, 5.74) is 3.80. The Bertz CT molecular complexity index is 649. The average Bonchev–Trinajstić information content (AvgIpc) is 2.64. The van der Waals surface area contributed by atoms with Crippen molar-refractivity contribution in [1.82, 2.24) is 19.9 Å². The van der Waals surface area contributed by atoms with Gasteiger partial charge in [0.2, 0.25) is 0 Å². The van der Waals surface area contributed by atoms with Crippen LogP contribution in [0.25, 0.3) is 22.1 Å². The minimum Gasteiger partial charge on any atom is -0.307 e. The van der Waals surface area contributed by atoms with E-state index >= 15 is 0 Å². The van der Waals surface area contributed by atoms with Crippen molar-refractivity contribution in [2.45, 2.75) is 0 Å². The summed E-state index contributed by atoms with van der Waals surface area (Å²) in [6, 6.07) is 15.6. The Balaban J connectivity index is 0.000000144.